The van der Waals surface area contributed by atoms with Crippen LogP contribution in [0.25, 0.3) is 10.8 Å². The molecule has 1 aliphatic heterocycles. The zero-order valence-corrected chi connectivity index (χ0v) is 14.9. The highest BCUT2D eigenvalue weighted by Gasteiger charge is 2.29. The van der Waals surface area contributed by atoms with Crippen LogP contribution >= 0.6 is 0 Å². The van der Waals surface area contributed by atoms with E-state index in [0.29, 0.717) is 31.3 Å². The Hall–Kier alpha value is -2.02. The maximum absolute atomic E-state index is 12.3. The molecule has 3 rings (SSSR count). The van der Waals surface area contributed by atoms with Gasteiger partial charge < -0.3 is 14.6 Å². The molecule has 0 spiro atoms. The van der Waals surface area contributed by atoms with E-state index in [2.05, 4.69) is 4.98 Å². The lowest BCUT2D eigenvalue weighted by atomic mass is 10.0. The first kappa shape index (κ1) is 18.8. The summed E-state index contributed by atoms with van der Waals surface area (Å²) in [5.41, 5.74) is 1.72. The van der Waals surface area contributed by atoms with E-state index in [-0.39, 0.29) is 18.2 Å². The Labute approximate surface area is 150 Å². The maximum Gasteiger partial charge on any atom is 0.390 e. The first-order valence-corrected chi connectivity index (χ1v) is 8.81. The normalized spacial score (nSPS) is 17.0. The van der Waals surface area contributed by atoms with Gasteiger partial charge in [0.2, 0.25) is 0 Å². The average Bonchev–Trinajstić information content (AvgIpc) is 2.58. The number of nitrogens with one attached hydrogen (secondary N) is 1. The highest BCUT2D eigenvalue weighted by Crippen LogP contribution is 2.28. The minimum atomic E-state index is -4.11. The number of benzene rings is 1. The minimum absolute atomic E-state index is 0.0180. The second-order valence-electron chi connectivity index (χ2n) is 6.99. The van der Waals surface area contributed by atoms with Crippen molar-refractivity contribution in [3.8, 4) is 5.75 Å². The molecular formula is C19H23F3N2O2. The molecule has 0 radical (unpaired) electrons. The number of piperidine rings is 1. The van der Waals surface area contributed by atoms with Gasteiger partial charge in [-0.05, 0) is 55.3 Å². The summed E-state index contributed by atoms with van der Waals surface area (Å²) in [6.45, 7) is 5.08. The second kappa shape index (κ2) is 7.31. The number of aryl methyl sites for hydroxylation is 2. The second-order valence-corrected chi connectivity index (χ2v) is 6.99. The Morgan fingerprint density at radius 3 is 2.50 bits per heavy atom. The van der Waals surface area contributed by atoms with Crippen LogP contribution in [0, 0.1) is 13.8 Å². The van der Waals surface area contributed by atoms with Crippen molar-refractivity contribution in [3.63, 3.8) is 0 Å². The Morgan fingerprint density at radius 2 is 1.85 bits per heavy atom. The first-order chi connectivity index (χ1) is 12.2. The summed E-state index contributed by atoms with van der Waals surface area (Å²) < 4.78 is 43.1. The molecule has 0 bridgehead atoms. The summed E-state index contributed by atoms with van der Waals surface area (Å²) in [5, 5.41) is 1.49. The lowest BCUT2D eigenvalue weighted by Crippen LogP contribution is -2.39. The lowest BCUT2D eigenvalue weighted by Gasteiger charge is -2.32. The van der Waals surface area contributed by atoms with E-state index in [9.17, 15) is 18.0 Å². The Kier molecular flexibility index (Phi) is 5.27. The smallest absolute Gasteiger partial charge is 0.390 e. The number of pyridine rings is 1. The molecule has 7 heteroatoms. The van der Waals surface area contributed by atoms with Crippen molar-refractivity contribution in [2.75, 3.05) is 19.6 Å². The standard InChI is InChI=1S/C19H23F3N2O2/c1-12-9-16-15(13(2)11-23-18(16)25)10-17(12)26-14-3-6-24(7-4-14)8-5-19(20,21)22/h9-11,14H,3-8H2,1-2H3,(H,23,25). The number of likely N-dealkylation sites (tertiary alicyclic amines) is 1. The number of H-pyrrole nitrogens is 1. The van der Waals surface area contributed by atoms with E-state index in [1.54, 1.807) is 6.20 Å². The summed E-state index contributed by atoms with van der Waals surface area (Å²) >= 11 is 0. The number of ether oxygens (including phenoxy) is 1. The quantitative estimate of drug-likeness (QED) is 0.889. The Bertz CT molecular complexity index is 837. The van der Waals surface area contributed by atoms with Crippen LogP contribution < -0.4 is 10.3 Å². The van der Waals surface area contributed by atoms with Gasteiger partial charge in [-0.3, -0.25) is 4.79 Å². The third-order valence-electron chi connectivity index (χ3n) is 4.94. The van der Waals surface area contributed by atoms with E-state index in [1.165, 1.54) is 0 Å². The van der Waals surface area contributed by atoms with Gasteiger partial charge in [0.15, 0.2) is 0 Å². The largest absolute Gasteiger partial charge is 0.490 e. The average molecular weight is 368 g/mol. The molecule has 1 aromatic heterocycles. The third kappa shape index (κ3) is 4.38. The molecule has 26 heavy (non-hydrogen) atoms. The van der Waals surface area contributed by atoms with Gasteiger partial charge in [-0.15, -0.1) is 0 Å². The number of halogens is 3. The molecule has 0 unspecified atom stereocenters. The van der Waals surface area contributed by atoms with E-state index >= 15 is 0 Å². The Morgan fingerprint density at radius 1 is 1.15 bits per heavy atom. The zero-order chi connectivity index (χ0) is 18.9. The first-order valence-electron chi connectivity index (χ1n) is 8.81. The fourth-order valence-corrected chi connectivity index (χ4v) is 3.37. The number of hydrogen-bond donors (Lipinski definition) is 1. The van der Waals surface area contributed by atoms with E-state index in [1.807, 2.05) is 30.9 Å². The molecule has 0 saturated carbocycles. The van der Waals surface area contributed by atoms with Crippen LogP contribution in [-0.2, 0) is 0 Å². The summed E-state index contributed by atoms with van der Waals surface area (Å²) in [5.74, 6) is 0.736. The maximum atomic E-state index is 12.3. The molecule has 4 nitrogen and oxygen atoms in total. The summed E-state index contributed by atoms with van der Waals surface area (Å²) in [7, 11) is 0. The van der Waals surface area contributed by atoms with Crippen LogP contribution in [0.5, 0.6) is 5.75 Å². The summed E-state index contributed by atoms with van der Waals surface area (Å²) in [6, 6.07) is 3.72. The van der Waals surface area contributed by atoms with Crippen molar-refractivity contribution in [2.45, 2.75) is 45.4 Å². The monoisotopic (exact) mass is 368 g/mol. The van der Waals surface area contributed by atoms with Crippen molar-refractivity contribution in [2.24, 2.45) is 0 Å². The van der Waals surface area contributed by atoms with Crippen molar-refractivity contribution in [3.05, 3.63) is 39.8 Å². The number of aromatic amines is 1. The van der Waals surface area contributed by atoms with Crippen molar-refractivity contribution in [1.82, 2.24) is 9.88 Å². The highest BCUT2D eigenvalue weighted by molar-refractivity contribution is 5.86. The van der Waals surface area contributed by atoms with Gasteiger partial charge in [-0.25, -0.2) is 0 Å². The molecular weight excluding hydrogens is 345 g/mol. The molecule has 2 heterocycles. The van der Waals surface area contributed by atoms with E-state index < -0.39 is 12.6 Å². The van der Waals surface area contributed by atoms with Crippen LogP contribution in [0.4, 0.5) is 13.2 Å². The Balaban J connectivity index is 1.66. The number of nitrogens with zero attached hydrogens (tertiary/aromatic N) is 1. The number of hydrogen-bond acceptors (Lipinski definition) is 3. The van der Waals surface area contributed by atoms with Gasteiger partial charge in [-0.2, -0.15) is 13.2 Å². The van der Waals surface area contributed by atoms with Crippen molar-refractivity contribution >= 4 is 10.8 Å². The van der Waals surface area contributed by atoms with Crippen LogP contribution in [0.2, 0.25) is 0 Å². The molecule has 2 aromatic rings. The molecule has 0 amide bonds. The predicted octanol–water partition coefficient (Wildman–Crippen LogP) is 3.94. The fourth-order valence-electron chi connectivity index (χ4n) is 3.37. The van der Waals surface area contributed by atoms with E-state index in [4.69, 9.17) is 4.74 Å². The van der Waals surface area contributed by atoms with Crippen molar-refractivity contribution < 1.29 is 17.9 Å². The fraction of sp³-hybridized carbons (Fsp3) is 0.526. The third-order valence-corrected chi connectivity index (χ3v) is 4.94. The molecule has 1 aliphatic rings. The van der Waals surface area contributed by atoms with Crippen molar-refractivity contribution in [1.29, 1.82) is 0 Å². The van der Waals surface area contributed by atoms with Crippen LogP contribution in [-0.4, -0.2) is 41.8 Å². The number of alkyl halides is 3. The van der Waals surface area contributed by atoms with Gasteiger partial charge in [0.05, 0.1) is 6.42 Å². The number of fused-ring (bicyclic) bond motifs is 1. The van der Waals surface area contributed by atoms with Gasteiger partial charge >= 0.3 is 6.18 Å². The topological polar surface area (TPSA) is 45.3 Å². The molecule has 1 N–H and O–H groups in total. The summed E-state index contributed by atoms with van der Waals surface area (Å²) in [6.07, 6.45) is -1.81. The molecule has 0 aliphatic carbocycles. The zero-order valence-electron chi connectivity index (χ0n) is 14.9. The lowest BCUT2D eigenvalue weighted by molar-refractivity contribution is -0.138. The SMILES string of the molecule is Cc1cc2c(=O)[nH]cc(C)c2cc1OC1CCN(CCC(F)(F)F)CC1. The van der Waals surface area contributed by atoms with Crippen LogP contribution in [0.1, 0.15) is 30.4 Å². The van der Waals surface area contributed by atoms with Crippen LogP contribution in [0.3, 0.4) is 0 Å². The van der Waals surface area contributed by atoms with E-state index in [0.717, 1.165) is 22.3 Å². The minimum Gasteiger partial charge on any atom is -0.490 e. The highest BCUT2D eigenvalue weighted by atomic mass is 19.4. The summed E-state index contributed by atoms with van der Waals surface area (Å²) in [4.78, 5) is 16.5. The molecule has 142 valence electrons. The molecule has 0 atom stereocenters. The predicted molar refractivity (Wildman–Crippen MR) is 94.8 cm³/mol. The molecule has 1 aromatic carbocycles. The van der Waals surface area contributed by atoms with Crippen LogP contribution in [0.15, 0.2) is 23.1 Å². The molecule has 1 fully saturated rings. The van der Waals surface area contributed by atoms with Gasteiger partial charge in [-0.1, -0.05) is 0 Å². The van der Waals surface area contributed by atoms with Gasteiger partial charge in [0.25, 0.3) is 5.56 Å². The number of aromatic nitrogens is 1. The number of rotatable bonds is 4. The van der Waals surface area contributed by atoms with Gasteiger partial charge in [0, 0.05) is 31.2 Å². The molecule has 1 saturated heterocycles. The van der Waals surface area contributed by atoms with Gasteiger partial charge in [0.1, 0.15) is 11.9 Å².